The summed E-state index contributed by atoms with van der Waals surface area (Å²) in [7, 11) is -6.00. The van der Waals surface area contributed by atoms with Gasteiger partial charge >= 0.3 is 7.25 Å². The Bertz CT molecular complexity index is 1450. The average Bonchev–Trinajstić information content (AvgIpc) is 2.96. The summed E-state index contributed by atoms with van der Waals surface area (Å²) in [6, 6.07) is 48.1. The van der Waals surface area contributed by atoms with Gasteiger partial charge in [0.2, 0.25) is 17.4 Å². The molecule has 2 nitrogen and oxygen atoms in total. The fourth-order valence-corrected chi connectivity index (χ4v) is 4.43. The molecule has 1 unspecified atom stereocenters. The number of hydrogen-bond donors (Lipinski definition) is 0. The Labute approximate surface area is 225 Å². The van der Waals surface area contributed by atoms with Crippen molar-refractivity contribution < 1.29 is 21.8 Å². The first-order valence-corrected chi connectivity index (χ1v) is 12.4. The highest BCUT2D eigenvalue weighted by Gasteiger charge is 2.30. The van der Waals surface area contributed by atoms with Crippen LogP contribution in [0.1, 0.15) is 11.6 Å². The number of pyridine rings is 1. The summed E-state index contributed by atoms with van der Waals surface area (Å²) < 4.78 is 41.2. The molecule has 1 heterocycles. The number of rotatable bonds is 6. The van der Waals surface area contributed by atoms with Gasteiger partial charge < -0.3 is 17.3 Å². The molecule has 0 amide bonds. The van der Waals surface area contributed by atoms with E-state index in [-0.39, 0.29) is 6.04 Å². The molecule has 5 aromatic rings. The fourth-order valence-electron chi connectivity index (χ4n) is 4.43. The largest absolute Gasteiger partial charge is 0.673 e. The van der Waals surface area contributed by atoms with Gasteiger partial charge in [0, 0.05) is 29.7 Å². The van der Waals surface area contributed by atoms with Gasteiger partial charge in [-0.1, -0.05) is 97.1 Å². The minimum Gasteiger partial charge on any atom is -0.418 e. The van der Waals surface area contributed by atoms with Gasteiger partial charge in [0.1, 0.15) is 6.07 Å². The summed E-state index contributed by atoms with van der Waals surface area (Å²) >= 11 is 0. The number of benzene rings is 4. The molecule has 0 spiro atoms. The van der Waals surface area contributed by atoms with Gasteiger partial charge in [-0.3, -0.25) is 0 Å². The van der Waals surface area contributed by atoms with E-state index < -0.39 is 7.25 Å². The first kappa shape index (κ1) is 27.3. The van der Waals surface area contributed by atoms with Gasteiger partial charge in [-0.05, 0) is 41.0 Å². The Morgan fingerprint density at radius 2 is 0.923 bits per heavy atom. The standard InChI is InChI=1S/C32H25N2.BF4/c33-24-30(21-25-13-5-1-6-14-25)34-31(27-17-9-3-10-18-27)22-29(26-15-7-2-8-16-26)23-32(34)28-19-11-4-12-20-28;2-1(3,4)5/h1-20,22-23,30H,21H2;/q+1;-1. The molecule has 0 saturated carbocycles. The summed E-state index contributed by atoms with van der Waals surface area (Å²) in [6.45, 7) is 0. The first-order valence-electron chi connectivity index (χ1n) is 12.4. The minimum atomic E-state index is -6.00. The van der Waals surface area contributed by atoms with Gasteiger partial charge in [0.15, 0.2) is 0 Å². The third-order valence-electron chi connectivity index (χ3n) is 6.08. The molecular formula is C32H25BF4N2. The van der Waals surface area contributed by atoms with Crippen molar-refractivity contribution in [3.05, 3.63) is 139 Å². The molecule has 194 valence electrons. The highest BCUT2D eigenvalue weighted by molar-refractivity contribution is 6.50. The van der Waals surface area contributed by atoms with Crippen molar-refractivity contribution in [3.8, 4) is 39.7 Å². The van der Waals surface area contributed by atoms with Crippen LogP contribution in [0.5, 0.6) is 0 Å². The van der Waals surface area contributed by atoms with Crippen molar-refractivity contribution in [1.29, 1.82) is 5.26 Å². The van der Waals surface area contributed by atoms with Crippen LogP contribution in [0.4, 0.5) is 17.3 Å². The summed E-state index contributed by atoms with van der Waals surface area (Å²) in [4.78, 5) is 0. The predicted octanol–water partition coefficient (Wildman–Crippen LogP) is 8.58. The zero-order valence-electron chi connectivity index (χ0n) is 21.0. The molecule has 7 heteroatoms. The van der Waals surface area contributed by atoms with Crippen LogP contribution < -0.4 is 4.57 Å². The number of hydrogen-bond acceptors (Lipinski definition) is 1. The van der Waals surface area contributed by atoms with Gasteiger partial charge in [0.25, 0.3) is 0 Å². The van der Waals surface area contributed by atoms with Gasteiger partial charge in [0.05, 0.1) is 0 Å². The molecule has 0 radical (unpaired) electrons. The maximum absolute atomic E-state index is 10.4. The Morgan fingerprint density at radius 1 is 0.564 bits per heavy atom. The number of nitriles is 1. The summed E-state index contributed by atoms with van der Waals surface area (Å²) in [5, 5.41) is 10.4. The van der Waals surface area contributed by atoms with E-state index in [0.29, 0.717) is 6.42 Å². The molecule has 0 N–H and O–H groups in total. The van der Waals surface area contributed by atoms with E-state index in [0.717, 1.165) is 39.2 Å². The van der Waals surface area contributed by atoms with Crippen LogP contribution in [0, 0.1) is 11.3 Å². The lowest BCUT2D eigenvalue weighted by Gasteiger charge is -2.16. The smallest absolute Gasteiger partial charge is 0.418 e. The molecule has 0 aliphatic rings. The van der Waals surface area contributed by atoms with E-state index in [2.05, 4.69) is 108 Å². The summed E-state index contributed by atoms with van der Waals surface area (Å²) in [5.74, 6) is 0. The summed E-state index contributed by atoms with van der Waals surface area (Å²) in [5.41, 5.74) is 7.67. The molecular weight excluding hydrogens is 499 g/mol. The lowest BCUT2D eigenvalue weighted by atomic mass is 9.97. The van der Waals surface area contributed by atoms with Gasteiger partial charge in [-0.25, -0.2) is 0 Å². The number of halogens is 4. The Balaban J connectivity index is 0.000000648. The normalized spacial score (nSPS) is 11.6. The van der Waals surface area contributed by atoms with Crippen molar-refractivity contribution >= 4 is 7.25 Å². The van der Waals surface area contributed by atoms with Crippen LogP contribution in [0.25, 0.3) is 33.6 Å². The van der Waals surface area contributed by atoms with E-state index in [9.17, 15) is 22.5 Å². The minimum absolute atomic E-state index is 0.363. The van der Waals surface area contributed by atoms with Crippen molar-refractivity contribution in [2.75, 3.05) is 0 Å². The van der Waals surface area contributed by atoms with Crippen LogP contribution in [-0.4, -0.2) is 7.25 Å². The second-order valence-corrected chi connectivity index (χ2v) is 8.81. The zero-order chi connectivity index (χ0) is 27.7. The van der Waals surface area contributed by atoms with E-state index in [1.54, 1.807) is 0 Å². The number of aromatic nitrogens is 1. The van der Waals surface area contributed by atoms with Crippen LogP contribution in [0.2, 0.25) is 0 Å². The molecule has 39 heavy (non-hydrogen) atoms. The van der Waals surface area contributed by atoms with Gasteiger partial charge in [-0.2, -0.15) is 9.83 Å². The number of nitrogens with zero attached hydrogens (tertiary/aromatic N) is 2. The van der Waals surface area contributed by atoms with Crippen LogP contribution in [0.3, 0.4) is 0 Å². The maximum atomic E-state index is 10.4. The molecule has 1 aromatic heterocycles. The fraction of sp³-hybridized carbons (Fsp3) is 0.0625. The van der Waals surface area contributed by atoms with Crippen LogP contribution in [0.15, 0.2) is 133 Å². The van der Waals surface area contributed by atoms with E-state index in [1.807, 2.05) is 36.4 Å². The summed E-state index contributed by atoms with van der Waals surface area (Å²) in [6.07, 6.45) is 0.631. The lowest BCUT2D eigenvalue weighted by molar-refractivity contribution is -0.688. The maximum Gasteiger partial charge on any atom is 0.673 e. The van der Waals surface area contributed by atoms with Crippen molar-refractivity contribution in [1.82, 2.24) is 0 Å². The third kappa shape index (κ3) is 7.65. The predicted molar refractivity (Wildman–Crippen MR) is 148 cm³/mol. The molecule has 0 aliphatic carbocycles. The average molecular weight is 524 g/mol. The van der Waals surface area contributed by atoms with Crippen LogP contribution in [-0.2, 0) is 6.42 Å². The third-order valence-corrected chi connectivity index (χ3v) is 6.08. The Hall–Kier alpha value is -4.70. The molecule has 0 bridgehead atoms. The molecule has 0 saturated heterocycles. The SMILES string of the molecule is F[B-](F)(F)F.N#CC(Cc1ccccc1)[n+]1c(-c2ccccc2)cc(-c2ccccc2)cc1-c1ccccc1. The Kier molecular flexibility index (Phi) is 8.91. The highest BCUT2D eigenvalue weighted by atomic mass is 19.5. The van der Waals surface area contributed by atoms with Crippen molar-refractivity contribution in [3.63, 3.8) is 0 Å². The van der Waals surface area contributed by atoms with E-state index >= 15 is 0 Å². The zero-order valence-corrected chi connectivity index (χ0v) is 21.0. The quantitative estimate of drug-likeness (QED) is 0.124. The molecule has 0 fully saturated rings. The molecule has 0 aliphatic heterocycles. The van der Waals surface area contributed by atoms with E-state index in [1.165, 1.54) is 0 Å². The molecule has 4 aromatic carbocycles. The van der Waals surface area contributed by atoms with Crippen molar-refractivity contribution in [2.24, 2.45) is 0 Å². The van der Waals surface area contributed by atoms with Crippen LogP contribution >= 0.6 is 0 Å². The second-order valence-electron chi connectivity index (χ2n) is 8.81. The molecule has 5 rings (SSSR count). The van der Waals surface area contributed by atoms with Crippen molar-refractivity contribution in [2.45, 2.75) is 12.5 Å². The monoisotopic (exact) mass is 524 g/mol. The van der Waals surface area contributed by atoms with Gasteiger partial charge in [-0.15, -0.1) is 0 Å². The lowest BCUT2D eigenvalue weighted by Crippen LogP contribution is -2.44. The molecule has 1 atom stereocenters. The van der Waals surface area contributed by atoms with E-state index in [4.69, 9.17) is 0 Å². The Morgan fingerprint density at radius 3 is 1.31 bits per heavy atom. The highest BCUT2D eigenvalue weighted by Crippen LogP contribution is 2.31. The first-order chi connectivity index (χ1) is 18.8. The second kappa shape index (κ2) is 12.7. The topological polar surface area (TPSA) is 27.7 Å².